The van der Waals surface area contributed by atoms with Gasteiger partial charge in [0.05, 0.1) is 5.92 Å². The molecule has 0 bridgehead atoms. The molecule has 1 unspecified atom stereocenters. The van der Waals surface area contributed by atoms with Gasteiger partial charge >= 0.3 is 5.97 Å². The SMILES string of the molecule is CCCCCCCCCCC(CCCCCCCCS)C(=O)O. The molecule has 0 aliphatic heterocycles. The summed E-state index contributed by atoms with van der Waals surface area (Å²) in [6.45, 7) is 2.24. The van der Waals surface area contributed by atoms with E-state index in [9.17, 15) is 9.90 Å². The summed E-state index contributed by atoms with van der Waals surface area (Å²) in [5.41, 5.74) is 0. The Bertz CT molecular complexity index is 256. The molecule has 0 saturated carbocycles. The van der Waals surface area contributed by atoms with Crippen LogP contribution in [0.15, 0.2) is 0 Å². The molecule has 1 atom stereocenters. The van der Waals surface area contributed by atoms with Crippen LogP contribution < -0.4 is 0 Å². The van der Waals surface area contributed by atoms with Crippen molar-refractivity contribution in [1.82, 2.24) is 0 Å². The van der Waals surface area contributed by atoms with Crippen LogP contribution in [0.3, 0.4) is 0 Å². The van der Waals surface area contributed by atoms with Gasteiger partial charge in [0.25, 0.3) is 0 Å². The Morgan fingerprint density at radius 1 is 0.739 bits per heavy atom. The van der Waals surface area contributed by atoms with E-state index in [4.69, 9.17) is 0 Å². The number of unbranched alkanes of at least 4 members (excludes halogenated alkanes) is 12. The lowest BCUT2D eigenvalue weighted by Crippen LogP contribution is -2.13. The molecule has 3 heteroatoms. The maximum Gasteiger partial charge on any atom is 0.306 e. The van der Waals surface area contributed by atoms with Crippen LogP contribution in [-0.4, -0.2) is 16.8 Å². The topological polar surface area (TPSA) is 37.3 Å². The first-order valence-electron chi connectivity index (χ1n) is 10.1. The van der Waals surface area contributed by atoms with E-state index in [1.807, 2.05) is 0 Å². The molecule has 2 nitrogen and oxygen atoms in total. The van der Waals surface area contributed by atoms with Crippen LogP contribution in [0.2, 0.25) is 0 Å². The monoisotopic (exact) mass is 344 g/mol. The Hall–Kier alpha value is -0.180. The molecule has 0 aliphatic carbocycles. The van der Waals surface area contributed by atoms with Crippen molar-refractivity contribution >= 4 is 18.6 Å². The van der Waals surface area contributed by atoms with Gasteiger partial charge in [-0.1, -0.05) is 90.4 Å². The molecule has 0 aliphatic rings. The Morgan fingerprint density at radius 3 is 1.52 bits per heavy atom. The number of carbonyl (C=O) groups is 1. The lowest BCUT2D eigenvalue weighted by atomic mass is 9.94. The van der Waals surface area contributed by atoms with Gasteiger partial charge in [-0.3, -0.25) is 4.79 Å². The Morgan fingerprint density at radius 2 is 1.13 bits per heavy atom. The van der Waals surface area contributed by atoms with Crippen LogP contribution in [0.4, 0.5) is 0 Å². The van der Waals surface area contributed by atoms with Gasteiger partial charge in [0, 0.05) is 0 Å². The normalized spacial score (nSPS) is 12.4. The van der Waals surface area contributed by atoms with Gasteiger partial charge in [-0.2, -0.15) is 12.6 Å². The van der Waals surface area contributed by atoms with E-state index in [1.165, 1.54) is 77.0 Å². The minimum absolute atomic E-state index is 0.104. The fourth-order valence-electron chi connectivity index (χ4n) is 3.13. The van der Waals surface area contributed by atoms with Crippen molar-refractivity contribution in [3.63, 3.8) is 0 Å². The summed E-state index contributed by atoms with van der Waals surface area (Å²) in [7, 11) is 0. The zero-order valence-electron chi connectivity index (χ0n) is 15.4. The van der Waals surface area contributed by atoms with Crippen molar-refractivity contribution in [2.24, 2.45) is 5.92 Å². The third kappa shape index (κ3) is 16.5. The molecule has 0 saturated heterocycles. The lowest BCUT2D eigenvalue weighted by molar-refractivity contribution is -0.142. The standard InChI is InChI=1S/C20H40O2S/c1-2-3-4-5-6-7-10-13-16-19(20(21)22)17-14-11-8-9-12-15-18-23/h19,23H,2-18H2,1H3,(H,21,22). The molecule has 0 aromatic carbocycles. The maximum atomic E-state index is 11.3. The van der Waals surface area contributed by atoms with Gasteiger partial charge in [0.1, 0.15) is 0 Å². The van der Waals surface area contributed by atoms with Gasteiger partial charge in [-0.05, 0) is 25.0 Å². The van der Waals surface area contributed by atoms with E-state index < -0.39 is 5.97 Å². The number of carboxylic acid groups (broad SMARTS) is 1. The highest BCUT2D eigenvalue weighted by atomic mass is 32.1. The average molecular weight is 345 g/mol. The molecule has 0 fully saturated rings. The molecular weight excluding hydrogens is 304 g/mol. The van der Waals surface area contributed by atoms with Crippen molar-refractivity contribution in [3.05, 3.63) is 0 Å². The smallest absolute Gasteiger partial charge is 0.306 e. The van der Waals surface area contributed by atoms with E-state index in [1.54, 1.807) is 0 Å². The summed E-state index contributed by atoms with van der Waals surface area (Å²) < 4.78 is 0. The van der Waals surface area contributed by atoms with Crippen LogP contribution >= 0.6 is 12.6 Å². The molecule has 0 spiro atoms. The van der Waals surface area contributed by atoms with Crippen LogP contribution in [0.5, 0.6) is 0 Å². The fraction of sp³-hybridized carbons (Fsp3) is 0.950. The molecule has 0 aromatic heterocycles. The van der Waals surface area contributed by atoms with E-state index in [0.29, 0.717) is 0 Å². The Labute approximate surface area is 150 Å². The third-order valence-corrected chi connectivity index (χ3v) is 5.03. The summed E-state index contributed by atoms with van der Waals surface area (Å²) in [6, 6.07) is 0. The number of hydrogen-bond acceptors (Lipinski definition) is 2. The van der Waals surface area contributed by atoms with E-state index >= 15 is 0 Å². The molecule has 0 amide bonds. The maximum absolute atomic E-state index is 11.3. The summed E-state index contributed by atoms with van der Waals surface area (Å²) in [5, 5.41) is 9.34. The highest BCUT2D eigenvalue weighted by molar-refractivity contribution is 7.80. The van der Waals surface area contributed by atoms with Crippen LogP contribution in [0, 0.1) is 5.92 Å². The molecule has 23 heavy (non-hydrogen) atoms. The van der Waals surface area contributed by atoms with Crippen molar-refractivity contribution in [2.75, 3.05) is 5.75 Å². The van der Waals surface area contributed by atoms with E-state index in [0.717, 1.165) is 31.4 Å². The van der Waals surface area contributed by atoms with Crippen LogP contribution in [0.25, 0.3) is 0 Å². The van der Waals surface area contributed by atoms with E-state index in [-0.39, 0.29) is 5.92 Å². The first kappa shape index (κ1) is 22.8. The minimum atomic E-state index is -0.581. The average Bonchev–Trinajstić information content (AvgIpc) is 2.54. The highest BCUT2D eigenvalue weighted by Crippen LogP contribution is 2.19. The quantitative estimate of drug-likeness (QED) is 0.210. The van der Waals surface area contributed by atoms with Gasteiger partial charge in [0.2, 0.25) is 0 Å². The molecule has 1 N–H and O–H groups in total. The summed E-state index contributed by atoms with van der Waals surface area (Å²) in [4.78, 5) is 11.3. The Kier molecular flexibility index (Phi) is 18.0. The van der Waals surface area contributed by atoms with Gasteiger partial charge < -0.3 is 5.11 Å². The number of aliphatic carboxylic acids is 1. The fourth-order valence-corrected chi connectivity index (χ4v) is 3.35. The van der Waals surface area contributed by atoms with Gasteiger partial charge in [-0.25, -0.2) is 0 Å². The van der Waals surface area contributed by atoms with Crippen molar-refractivity contribution in [3.8, 4) is 0 Å². The largest absolute Gasteiger partial charge is 0.481 e. The Balaban J connectivity index is 3.50. The van der Waals surface area contributed by atoms with E-state index in [2.05, 4.69) is 19.6 Å². The zero-order valence-corrected chi connectivity index (χ0v) is 16.3. The zero-order chi connectivity index (χ0) is 17.2. The number of rotatable bonds is 18. The number of thiol groups is 1. The summed E-state index contributed by atoms with van der Waals surface area (Å²) in [6.07, 6.45) is 19.3. The molecule has 138 valence electrons. The predicted molar refractivity (Wildman–Crippen MR) is 105 cm³/mol. The molecule has 0 aromatic rings. The van der Waals surface area contributed by atoms with Crippen molar-refractivity contribution in [1.29, 1.82) is 0 Å². The highest BCUT2D eigenvalue weighted by Gasteiger charge is 2.16. The number of carboxylic acids is 1. The summed E-state index contributed by atoms with van der Waals surface area (Å²) in [5.74, 6) is 0.301. The van der Waals surface area contributed by atoms with Crippen molar-refractivity contribution in [2.45, 2.75) is 110 Å². The second kappa shape index (κ2) is 18.2. The second-order valence-corrected chi connectivity index (χ2v) is 7.38. The molecule has 0 rings (SSSR count). The molecule has 0 heterocycles. The lowest BCUT2D eigenvalue weighted by Gasteiger charge is -2.12. The first-order valence-corrected chi connectivity index (χ1v) is 10.7. The van der Waals surface area contributed by atoms with Crippen LogP contribution in [-0.2, 0) is 4.79 Å². The van der Waals surface area contributed by atoms with Gasteiger partial charge in [-0.15, -0.1) is 0 Å². The minimum Gasteiger partial charge on any atom is -0.481 e. The van der Waals surface area contributed by atoms with Gasteiger partial charge in [0.15, 0.2) is 0 Å². The van der Waals surface area contributed by atoms with Crippen LogP contribution in [0.1, 0.15) is 110 Å². The predicted octanol–water partition coefficient (Wildman–Crippen LogP) is 6.88. The molecular formula is C20H40O2S. The second-order valence-electron chi connectivity index (χ2n) is 6.93. The summed E-state index contributed by atoms with van der Waals surface area (Å²) >= 11 is 4.22. The third-order valence-electron chi connectivity index (χ3n) is 4.72. The number of hydrogen-bond donors (Lipinski definition) is 2. The van der Waals surface area contributed by atoms with Crippen molar-refractivity contribution < 1.29 is 9.90 Å². The molecule has 0 radical (unpaired) electrons. The first-order chi connectivity index (χ1) is 11.2.